The van der Waals surface area contributed by atoms with Crippen molar-refractivity contribution in [3.63, 3.8) is 0 Å². The molecule has 0 heterocycles. The Morgan fingerprint density at radius 3 is 2.46 bits per heavy atom. The number of rotatable bonds is 6. The summed E-state index contributed by atoms with van der Waals surface area (Å²) in [7, 11) is 0. The van der Waals surface area contributed by atoms with Crippen molar-refractivity contribution in [2.75, 3.05) is 6.61 Å². The summed E-state index contributed by atoms with van der Waals surface area (Å²) < 4.78 is 5.35. The zero-order valence-corrected chi connectivity index (χ0v) is 13.9. The van der Waals surface area contributed by atoms with E-state index in [-0.39, 0.29) is 12.5 Å². The molecule has 0 aromatic heterocycles. The molecule has 0 saturated heterocycles. The highest BCUT2D eigenvalue weighted by atomic mass is 35.5. The number of halogens is 1. The van der Waals surface area contributed by atoms with Gasteiger partial charge >= 0.3 is 0 Å². The average molecular weight is 342 g/mol. The number of carbonyl (C=O) groups excluding carboxylic acids is 1. The van der Waals surface area contributed by atoms with Crippen LogP contribution in [-0.2, 0) is 4.79 Å². The number of nitrogens with one attached hydrogen (secondary N) is 1. The van der Waals surface area contributed by atoms with E-state index in [0.29, 0.717) is 22.8 Å². The summed E-state index contributed by atoms with van der Waals surface area (Å²) in [6, 6.07) is 15.8. The minimum absolute atomic E-state index is 0.160. The van der Waals surface area contributed by atoms with Gasteiger partial charge in [0.1, 0.15) is 5.75 Å². The first-order valence-corrected chi connectivity index (χ1v) is 7.74. The van der Waals surface area contributed by atoms with Crippen LogP contribution in [0, 0.1) is 11.3 Å². The van der Waals surface area contributed by atoms with Crippen LogP contribution >= 0.6 is 11.6 Å². The van der Waals surface area contributed by atoms with Crippen molar-refractivity contribution in [1.82, 2.24) is 5.43 Å². The molecule has 2 aromatic carbocycles. The van der Waals surface area contributed by atoms with E-state index in [4.69, 9.17) is 21.6 Å². The van der Waals surface area contributed by atoms with Crippen molar-refractivity contribution in [1.29, 1.82) is 5.26 Å². The maximum absolute atomic E-state index is 11.8. The van der Waals surface area contributed by atoms with Gasteiger partial charge in [-0.05, 0) is 48.4 Å². The van der Waals surface area contributed by atoms with Crippen LogP contribution in [-0.4, -0.2) is 18.2 Å². The summed E-state index contributed by atoms with van der Waals surface area (Å²) in [4.78, 5) is 11.8. The number of benzene rings is 2. The second-order valence-corrected chi connectivity index (χ2v) is 5.32. The minimum Gasteiger partial charge on any atom is -0.484 e. The van der Waals surface area contributed by atoms with Gasteiger partial charge < -0.3 is 4.74 Å². The number of nitriles is 1. The first kappa shape index (κ1) is 17.5. The van der Waals surface area contributed by atoms with Crippen LogP contribution in [0.15, 0.2) is 53.6 Å². The summed E-state index contributed by atoms with van der Waals surface area (Å²) in [5.74, 6) is 0.154. The highest BCUT2D eigenvalue weighted by Crippen LogP contribution is 2.12. The first-order valence-electron chi connectivity index (χ1n) is 7.36. The van der Waals surface area contributed by atoms with E-state index in [0.717, 1.165) is 11.3 Å². The van der Waals surface area contributed by atoms with Gasteiger partial charge in [0, 0.05) is 5.02 Å². The quantitative estimate of drug-likeness (QED) is 0.645. The van der Waals surface area contributed by atoms with Gasteiger partial charge in [-0.3, -0.25) is 4.79 Å². The molecule has 0 aliphatic carbocycles. The van der Waals surface area contributed by atoms with Crippen LogP contribution in [0.25, 0.3) is 0 Å². The van der Waals surface area contributed by atoms with E-state index in [9.17, 15) is 4.79 Å². The van der Waals surface area contributed by atoms with Crippen molar-refractivity contribution >= 4 is 23.2 Å². The van der Waals surface area contributed by atoms with E-state index < -0.39 is 0 Å². The summed E-state index contributed by atoms with van der Waals surface area (Å²) in [6.45, 7) is 1.79. The van der Waals surface area contributed by atoms with Crippen LogP contribution in [0.4, 0.5) is 0 Å². The van der Waals surface area contributed by atoms with Crippen molar-refractivity contribution in [3.8, 4) is 11.8 Å². The van der Waals surface area contributed by atoms with Crippen LogP contribution < -0.4 is 10.2 Å². The summed E-state index contributed by atoms with van der Waals surface area (Å²) in [5.41, 5.74) is 4.66. The Labute approximate surface area is 145 Å². The van der Waals surface area contributed by atoms with Crippen LogP contribution in [0.5, 0.6) is 5.75 Å². The van der Waals surface area contributed by atoms with E-state index in [1.807, 2.05) is 25.1 Å². The Bertz CT molecular complexity index is 762. The number of hydrogen-bond acceptors (Lipinski definition) is 4. The second-order valence-electron chi connectivity index (χ2n) is 4.88. The lowest BCUT2D eigenvalue weighted by Gasteiger charge is -2.07. The molecule has 122 valence electrons. The molecule has 0 spiro atoms. The number of ether oxygens (including phenoxy) is 1. The fourth-order valence-electron chi connectivity index (χ4n) is 1.93. The van der Waals surface area contributed by atoms with Crippen LogP contribution in [0.2, 0.25) is 5.02 Å². The van der Waals surface area contributed by atoms with E-state index in [1.165, 1.54) is 0 Å². The lowest BCUT2D eigenvalue weighted by atomic mass is 10.1. The predicted molar refractivity (Wildman–Crippen MR) is 93.1 cm³/mol. The van der Waals surface area contributed by atoms with Gasteiger partial charge in [-0.1, -0.05) is 30.7 Å². The third-order valence-corrected chi connectivity index (χ3v) is 3.43. The largest absolute Gasteiger partial charge is 0.484 e. The molecule has 0 aliphatic heterocycles. The SMILES string of the molecule is CC/C(=N\NC(=O)COc1ccc(C#N)cc1)c1ccc(Cl)cc1. The van der Waals surface area contributed by atoms with E-state index >= 15 is 0 Å². The third kappa shape index (κ3) is 5.11. The first-order chi connectivity index (χ1) is 11.6. The number of nitrogens with zero attached hydrogens (tertiary/aromatic N) is 2. The van der Waals surface area contributed by atoms with Gasteiger partial charge in [0.25, 0.3) is 5.91 Å². The van der Waals surface area contributed by atoms with Crippen molar-refractivity contribution in [3.05, 3.63) is 64.7 Å². The smallest absolute Gasteiger partial charge is 0.277 e. The molecular formula is C18H16ClN3O2. The van der Waals surface area contributed by atoms with E-state index in [2.05, 4.69) is 10.5 Å². The fourth-order valence-corrected chi connectivity index (χ4v) is 2.05. The number of carbonyl (C=O) groups is 1. The summed E-state index contributed by atoms with van der Waals surface area (Å²) in [5, 5.41) is 13.5. The normalized spacial score (nSPS) is 10.8. The van der Waals surface area contributed by atoms with Crippen molar-refractivity contribution in [2.45, 2.75) is 13.3 Å². The van der Waals surface area contributed by atoms with E-state index in [1.54, 1.807) is 36.4 Å². The topological polar surface area (TPSA) is 74.5 Å². The fraction of sp³-hybridized carbons (Fsp3) is 0.167. The van der Waals surface area contributed by atoms with Crippen molar-refractivity contribution in [2.24, 2.45) is 5.10 Å². The van der Waals surface area contributed by atoms with Gasteiger partial charge in [-0.15, -0.1) is 0 Å². The molecule has 0 radical (unpaired) electrons. The van der Waals surface area contributed by atoms with Crippen molar-refractivity contribution < 1.29 is 9.53 Å². The van der Waals surface area contributed by atoms with Crippen LogP contribution in [0.1, 0.15) is 24.5 Å². The third-order valence-electron chi connectivity index (χ3n) is 3.18. The van der Waals surface area contributed by atoms with Crippen LogP contribution in [0.3, 0.4) is 0 Å². The highest BCUT2D eigenvalue weighted by molar-refractivity contribution is 6.30. The van der Waals surface area contributed by atoms with Gasteiger partial charge in [0.2, 0.25) is 0 Å². The molecule has 0 unspecified atom stereocenters. The average Bonchev–Trinajstić information content (AvgIpc) is 2.62. The number of hydrazone groups is 1. The molecule has 1 amide bonds. The number of amides is 1. The molecule has 0 aliphatic rings. The molecule has 24 heavy (non-hydrogen) atoms. The molecule has 2 rings (SSSR count). The Balaban J connectivity index is 1.90. The molecule has 0 saturated carbocycles. The number of hydrogen-bond donors (Lipinski definition) is 1. The standard InChI is InChI=1S/C18H16ClN3O2/c1-2-17(14-5-7-15(19)8-6-14)21-22-18(23)12-24-16-9-3-13(11-20)4-10-16/h3-10H,2,12H2,1H3,(H,22,23)/b21-17+. The molecule has 6 heteroatoms. The molecule has 1 N–H and O–H groups in total. The Morgan fingerprint density at radius 2 is 1.88 bits per heavy atom. The Kier molecular flexibility index (Phi) is 6.35. The molecule has 0 bridgehead atoms. The zero-order valence-electron chi connectivity index (χ0n) is 13.1. The predicted octanol–water partition coefficient (Wildman–Crippen LogP) is 3.52. The van der Waals surface area contributed by atoms with Gasteiger partial charge in [-0.2, -0.15) is 10.4 Å². The Morgan fingerprint density at radius 1 is 1.21 bits per heavy atom. The van der Waals surface area contributed by atoms with Gasteiger partial charge in [0.05, 0.1) is 17.3 Å². The maximum Gasteiger partial charge on any atom is 0.277 e. The van der Waals surface area contributed by atoms with Gasteiger partial charge in [-0.25, -0.2) is 5.43 Å². The summed E-state index contributed by atoms with van der Waals surface area (Å²) >= 11 is 5.86. The molecule has 0 fully saturated rings. The zero-order chi connectivity index (χ0) is 17.4. The monoisotopic (exact) mass is 341 g/mol. The second kappa shape index (κ2) is 8.70. The molecular weight excluding hydrogens is 326 g/mol. The molecule has 2 aromatic rings. The molecule has 0 atom stereocenters. The minimum atomic E-state index is -0.362. The lowest BCUT2D eigenvalue weighted by Crippen LogP contribution is -2.26. The molecule has 5 nitrogen and oxygen atoms in total. The maximum atomic E-state index is 11.8. The summed E-state index contributed by atoms with van der Waals surface area (Å²) in [6.07, 6.45) is 0.665. The van der Waals surface area contributed by atoms with Gasteiger partial charge in [0.15, 0.2) is 6.61 Å². The highest BCUT2D eigenvalue weighted by Gasteiger charge is 2.05. The lowest BCUT2D eigenvalue weighted by molar-refractivity contribution is -0.123. The Hall–Kier alpha value is -2.84.